The Kier molecular flexibility index (Phi) is 5.33. The molecule has 4 rings (SSSR count). The van der Waals surface area contributed by atoms with Crippen LogP contribution in [0.25, 0.3) is 31.8 Å². The van der Waals surface area contributed by atoms with E-state index in [0.29, 0.717) is 23.8 Å². The Morgan fingerprint density at radius 2 is 1.90 bits per heavy atom. The molecule has 0 fully saturated rings. The van der Waals surface area contributed by atoms with Gasteiger partial charge in [0, 0.05) is 30.2 Å². The highest BCUT2D eigenvalue weighted by Gasteiger charge is 2.22. The number of nitrogens with zero attached hydrogens (tertiary/aromatic N) is 2. The molecule has 0 saturated carbocycles. The standard InChI is InChI=1S/C20H20N4O4S2/c1-3-24(4-2)12-9-16-13(18(10-12)30(26,27)23-21)11-14(20(25)28-16)19-22-15-7-5-6-8-17(15)29-19/h5-11,23H,3-4,21H2,1-2H3. The number of thiazole rings is 1. The maximum absolute atomic E-state index is 12.8. The van der Waals surface area contributed by atoms with Gasteiger partial charge in [-0.15, -0.1) is 11.3 Å². The minimum Gasteiger partial charge on any atom is -0.422 e. The summed E-state index contributed by atoms with van der Waals surface area (Å²) >= 11 is 1.34. The maximum Gasteiger partial charge on any atom is 0.346 e. The van der Waals surface area contributed by atoms with Gasteiger partial charge in [-0.05, 0) is 38.1 Å². The third-order valence-electron chi connectivity index (χ3n) is 4.90. The van der Waals surface area contributed by atoms with Crippen LogP contribution in [0.15, 0.2) is 56.6 Å². The number of para-hydroxylation sites is 1. The van der Waals surface area contributed by atoms with E-state index in [1.807, 2.05) is 47.8 Å². The highest BCUT2D eigenvalue weighted by atomic mass is 32.2. The van der Waals surface area contributed by atoms with Crippen molar-refractivity contribution >= 4 is 48.2 Å². The van der Waals surface area contributed by atoms with Gasteiger partial charge in [0.25, 0.3) is 10.0 Å². The molecule has 156 valence electrons. The van der Waals surface area contributed by atoms with Crippen molar-refractivity contribution in [3.05, 3.63) is 52.9 Å². The number of hydrazine groups is 1. The van der Waals surface area contributed by atoms with Gasteiger partial charge in [0.2, 0.25) is 0 Å². The predicted octanol–water partition coefficient (Wildman–Crippen LogP) is 3.07. The van der Waals surface area contributed by atoms with E-state index in [1.54, 1.807) is 6.07 Å². The summed E-state index contributed by atoms with van der Waals surface area (Å²) in [6.45, 7) is 5.22. The van der Waals surface area contributed by atoms with Crippen LogP contribution in [0.5, 0.6) is 0 Å². The average molecular weight is 445 g/mol. The number of sulfonamides is 1. The van der Waals surface area contributed by atoms with Crippen LogP contribution in [0.3, 0.4) is 0 Å². The number of aromatic nitrogens is 1. The van der Waals surface area contributed by atoms with Crippen LogP contribution in [0.1, 0.15) is 13.8 Å². The summed E-state index contributed by atoms with van der Waals surface area (Å²) in [6, 6.07) is 12.2. The fourth-order valence-electron chi connectivity index (χ4n) is 3.37. The predicted molar refractivity (Wildman–Crippen MR) is 119 cm³/mol. The summed E-state index contributed by atoms with van der Waals surface area (Å²) in [5, 5.41) is 0.724. The minimum absolute atomic E-state index is 0.0597. The molecule has 30 heavy (non-hydrogen) atoms. The van der Waals surface area contributed by atoms with E-state index in [2.05, 4.69) is 4.98 Å². The molecular weight excluding hydrogens is 424 g/mol. The van der Waals surface area contributed by atoms with Crippen molar-refractivity contribution in [2.75, 3.05) is 18.0 Å². The van der Waals surface area contributed by atoms with Gasteiger partial charge in [0.1, 0.15) is 10.6 Å². The SMILES string of the molecule is CCN(CC)c1cc(S(=O)(=O)NN)c2cc(-c3nc4ccccc4s3)c(=O)oc2c1. The summed E-state index contributed by atoms with van der Waals surface area (Å²) in [5.41, 5.74) is 1.17. The van der Waals surface area contributed by atoms with Crippen molar-refractivity contribution in [2.24, 2.45) is 5.84 Å². The molecule has 8 nitrogen and oxygen atoms in total. The third kappa shape index (κ3) is 3.47. The van der Waals surface area contributed by atoms with Crippen LogP contribution in [-0.4, -0.2) is 26.5 Å². The molecule has 3 N–H and O–H groups in total. The van der Waals surface area contributed by atoms with E-state index in [-0.39, 0.29) is 21.4 Å². The number of benzene rings is 2. The lowest BCUT2D eigenvalue weighted by Gasteiger charge is -2.22. The smallest absolute Gasteiger partial charge is 0.346 e. The summed E-state index contributed by atoms with van der Waals surface area (Å²) in [4.78, 5) is 21.0. The Labute approximate surface area is 177 Å². The van der Waals surface area contributed by atoms with E-state index in [4.69, 9.17) is 10.3 Å². The number of nitrogens with two attached hydrogens (primary N) is 1. The second kappa shape index (κ2) is 7.80. The van der Waals surface area contributed by atoms with Gasteiger partial charge in [-0.1, -0.05) is 12.1 Å². The van der Waals surface area contributed by atoms with Gasteiger partial charge in [-0.2, -0.15) is 4.83 Å². The monoisotopic (exact) mass is 444 g/mol. The van der Waals surface area contributed by atoms with Crippen LogP contribution < -0.4 is 21.2 Å². The molecule has 0 aliphatic heterocycles. The normalized spacial score (nSPS) is 12.0. The molecule has 10 heteroatoms. The summed E-state index contributed by atoms with van der Waals surface area (Å²) in [6.07, 6.45) is 0. The van der Waals surface area contributed by atoms with Gasteiger partial charge in [-0.3, -0.25) is 5.84 Å². The first-order valence-electron chi connectivity index (χ1n) is 9.33. The lowest BCUT2D eigenvalue weighted by Crippen LogP contribution is -2.31. The molecule has 0 amide bonds. The number of nitrogens with one attached hydrogen (secondary N) is 1. The number of rotatable bonds is 6. The quantitative estimate of drug-likeness (QED) is 0.266. The van der Waals surface area contributed by atoms with E-state index in [9.17, 15) is 13.2 Å². The third-order valence-corrected chi connectivity index (χ3v) is 7.19. The van der Waals surface area contributed by atoms with Crippen molar-refractivity contribution < 1.29 is 12.8 Å². The fraction of sp³-hybridized carbons (Fsp3) is 0.200. The van der Waals surface area contributed by atoms with Gasteiger partial charge < -0.3 is 9.32 Å². The second-order valence-corrected chi connectivity index (χ2v) is 9.30. The molecule has 2 aromatic heterocycles. The summed E-state index contributed by atoms with van der Waals surface area (Å²) in [7, 11) is -4.01. The molecule has 0 bridgehead atoms. The zero-order valence-corrected chi connectivity index (χ0v) is 18.0. The average Bonchev–Trinajstić information content (AvgIpc) is 3.17. The van der Waals surface area contributed by atoms with Crippen molar-refractivity contribution in [1.29, 1.82) is 0 Å². The van der Waals surface area contributed by atoms with Crippen molar-refractivity contribution in [3.8, 4) is 10.6 Å². The molecule has 4 aromatic rings. The lowest BCUT2D eigenvalue weighted by atomic mass is 10.1. The highest BCUT2D eigenvalue weighted by molar-refractivity contribution is 7.89. The Hall–Kier alpha value is -2.79. The first-order chi connectivity index (χ1) is 14.4. The Bertz CT molecular complexity index is 1370. The van der Waals surface area contributed by atoms with E-state index in [1.165, 1.54) is 23.5 Å². The Morgan fingerprint density at radius 1 is 1.17 bits per heavy atom. The van der Waals surface area contributed by atoms with Crippen LogP contribution in [0.4, 0.5) is 5.69 Å². The Morgan fingerprint density at radius 3 is 2.57 bits per heavy atom. The largest absolute Gasteiger partial charge is 0.422 e. The zero-order chi connectivity index (χ0) is 21.5. The van der Waals surface area contributed by atoms with Crippen LogP contribution in [-0.2, 0) is 10.0 Å². The van der Waals surface area contributed by atoms with E-state index < -0.39 is 15.6 Å². The first-order valence-corrected chi connectivity index (χ1v) is 11.6. The lowest BCUT2D eigenvalue weighted by molar-refractivity contribution is 0.561. The van der Waals surface area contributed by atoms with Gasteiger partial charge in [-0.25, -0.2) is 18.2 Å². The number of fused-ring (bicyclic) bond motifs is 2. The van der Waals surface area contributed by atoms with Crippen molar-refractivity contribution in [2.45, 2.75) is 18.7 Å². The first kappa shape index (κ1) is 20.5. The molecule has 0 aliphatic rings. The van der Waals surface area contributed by atoms with Gasteiger partial charge in [0.05, 0.1) is 20.7 Å². The van der Waals surface area contributed by atoms with Crippen LogP contribution in [0.2, 0.25) is 0 Å². The molecular formula is C20H20N4O4S2. The van der Waals surface area contributed by atoms with Crippen molar-refractivity contribution in [3.63, 3.8) is 0 Å². The number of anilines is 1. The molecule has 0 atom stereocenters. The summed E-state index contributed by atoms with van der Waals surface area (Å²) in [5.74, 6) is 5.30. The van der Waals surface area contributed by atoms with E-state index in [0.717, 1.165) is 10.2 Å². The molecule has 0 unspecified atom stereocenters. The molecule has 0 spiro atoms. The van der Waals surface area contributed by atoms with Crippen LogP contribution >= 0.6 is 11.3 Å². The molecule has 0 radical (unpaired) electrons. The number of hydrogen-bond acceptors (Lipinski definition) is 8. The molecule has 2 heterocycles. The fourth-order valence-corrected chi connectivity index (χ4v) is 5.19. The van der Waals surface area contributed by atoms with Gasteiger partial charge in [0.15, 0.2) is 0 Å². The van der Waals surface area contributed by atoms with Crippen molar-refractivity contribution in [1.82, 2.24) is 9.82 Å². The summed E-state index contributed by atoms with van der Waals surface area (Å²) < 4.78 is 31.8. The molecule has 0 saturated heterocycles. The van der Waals surface area contributed by atoms with E-state index >= 15 is 0 Å². The Balaban J connectivity index is 2.02. The minimum atomic E-state index is -4.01. The second-order valence-electron chi connectivity index (χ2n) is 6.58. The topological polar surface area (TPSA) is 119 Å². The number of hydrogen-bond donors (Lipinski definition) is 2. The van der Waals surface area contributed by atoms with Crippen LogP contribution in [0, 0.1) is 0 Å². The maximum atomic E-state index is 12.8. The van der Waals surface area contributed by atoms with Gasteiger partial charge >= 0.3 is 5.63 Å². The molecule has 2 aromatic carbocycles. The highest BCUT2D eigenvalue weighted by Crippen LogP contribution is 2.33. The zero-order valence-electron chi connectivity index (χ0n) is 16.4. The molecule has 0 aliphatic carbocycles.